The molecule has 2 aromatic rings. The van der Waals surface area contributed by atoms with Crippen LogP contribution >= 0.6 is 11.3 Å². The first-order chi connectivity index (χ1) is 11.6. The van der Waals surface area contributed by atoms with Crippen molar-refractivity contribution in [2.75, 3.05) is 27.9 Å². The van der Waals surface area contributed by atoms with Crippen molar-refractivity contribution in [2.24, 2.45) is 0 Å². The van der Waals surface area contributed by atoms with E-state index in [1.165, 1.54) is 32.7 Å². The van der Waals surface area contributed by atoms with Gasteiger partial charge in [-0.15, -0.1) is 11.3 Å². The second kappa shape index (κ2) is 8.56. The number of hydrogen-bond donors (Lipinski definition) is 2. The number of aliphatic hydroxyl groups excluding tert-OH is 1. The topological polar surface area (TPSA) is 77.0 Å². The summed E-state index contributed by atoms with van der Waals surface area (Å²) in [6.45, 7) is 0.343. The van der Waals surface area contributed by atoms with Crippen LogP contribution in [0, 0.1) is 0 Å². The van der Waals surface area contributed by atoms with E-state index in [2.05, 4.69) is 5.32 Å². The average Bonchev–Trinajstić information content (AvgIpc) is 3.14. The van der Waals surface area contributed by atoms with E-state index in [0.29, 0.717) is 35.8 Å². The third kappa shape index (κ3) is 3.98. The molecule has 6 nitrogen and oxygen atoms in total. The minimum atomic E-state index is -0.586. The van der Waals surface area contributed by atoms with Gasteiger partial charge in [0.1, 0.15) is 0 Å². The summed E-state index contributed by atoms with van der Waals surface area (Å²) in [4.78, 5) is 13.3. The Hall–Kier alpha value is -2.25. The summed E-state index contributed by atoms with van der Waals surface area (Å²) in [6, 6.07) is 7.02. The molecule has 1 unspecified atom stereocenters. The van der Waals surface area contributed by atoms with Crippen LogP contribution in [0.2, 0.25) is 0 Å². The first-order valence-corrected chi connectivity index (χ1v) is 8.29. The molecular formula is C17H21NO5S. The number of nitrogens with one attached hydrogen (secondary N) is 1. The van der Waals surface area contributed by atoms with Gasteiger partial charge in [-0.1, -0.05) is 6.07 Å². The molecule has 1 aromatic carbocycles. The third-order valence-corrected chi connectivity index (χ3v) is 4.50. The van der Waals surface area contributed by atoms with Gasteiger partial charge in [0.05, 0.1) is 33.0 Å². The van der Waals surface area contributed by atoms with E-state index in [1.54, 1.807) is 12.1 Å². The molecule has 0 saturated heterocycles. The van der Waals surface area contributed by atoms with Crippen molar-refractivity contribution in [1.82, 2.24) is 5.32 Å². The Morgan fingerprint density at radius 1 is 1.17 bits per heavy atom. The first-order valence-electron chi connectivity index (χ1n) is 7.41. The number of carbonyl (C=O) groups excluding carboxylic acids is 1. The highest BCUT2D eigenvalue weighted by molar-refractivity contribution is 7.10. The van der Waals surface area contributed by atoms with Gasteiger partial charge in [0, 0.05) is 11.4 Å². The standard InChI is InChI=1S/C17H21NO5S/c1-21-13-7-6-11(15(22-2)16(13)23-3)17(20)18-9-8-12(19)14-5-4-10-24-14/h4-7,10,12,19H,8-9H2,1-3H3,(H,18,20). The second-order valence-corrected chi connectivity index (χ2v) is 5.94. The minimum absolute atomic E-state index is 0.300. The van der Waals surface area contributed by atoms with Crippen LogP contribution in [0.1, 0.15) is 27.8 Å². The van der Waals surface area contributed by atoms with Crippen molar-refractivity contribution < 1.29 is 24.1 Å². The van der Waals surface area contributed by atoms with Crippen LogP contribution < -0.4 is 19.5 Å². The highest BCUT2D eigenvalue weighted by Gasteiger charge is 2.20. The van der Waals surface area contributed by atoms with Crippen molar-refractivity contribution in [3.63, 3.8) is 0 Å². The molecule has 0 saturated carbocycles. The molecule has 0 radical (unpaired) electrons. The van der Waals surface area contributed by atoms with E-state index in [4.69, 9.17) is 14.2 Å². The van der Waals surface area contributed by atoms with Crippen molar-refractivity contribution in [2.45, 2.75) is 12.5 Å². The number of amides is 1. The van der Waals surface area contributed by atoms with Crippen LogP contribution in [0.5, 0.6) is 17.2 Å². The maximum absolute atomic E-state index is 12.4. The summed E-state index contributed by atoms with van der Waals surface area (Å²) < 4.78 is 15.8. The number of benzene rings is 1. The van der Waals surface area contributed by atoms with E-state index in [-0.39, 0.29) is 5.91 Å². The zero-order valence-corrected chi connectivity index (χ0v) is 14.7. The van der Waals surface area contributed by atoms with Crippen LogP contribution in [-0.4, -0.2) is 38.9 Å². The van der Waals surface area contributed by atoms with Crippen LogP contribution in [0.4, 0.5) is 0 Å². The SMILES string of the molecule is COc1ccc(C(=O)NCCC(O)c2cccs2)c(OC)c1OC. The monoisotopic (exact) mass is 351 g/mol. The molecule has 130 valence electrons. The molecule has 0 bridgehead atoms. The average molecular weight is 351 g/mol. The summed E-state index contributed by atoms with van der Waals surface area (Å²) in [6.07, 6.45) is -0.153. The van der Waals surface area contributed by atoms with Gasteiger partial charge in [-0.2, -0.15) is 0 Å². The summed E-state index contributed by atoms with van der Waals surface area (Å²) in [5.41, 5.74) is 0.348. The third-order valence-electron chi connectivity index (χ3n) is 3.52. The molecule has 7 heteroatoms. The fourth-order valence-corrected chi connectivity index (χ4v) is 3.07. The molecule has 2 N–H and O–H groups in total. The van der Waals surface area contributed by atoms with E-state index >= 15 is 0 Å². The number of thiophene rings is 1. The van der Waals surface area contributed by atoms with Gasteiger partial charge in [0.2, 0.25) is 5.75 Å². The summed E-state index contributed by atoms with van der Waals surface area (Å²) in [5.74, 6) is 0.865. The van der Waals surface area contributed by atoms with Gasteiger partial charge in [0.15, 0.2) is 11.5 Å². The van der Waals surface area contributed by atoms with E-state index in [9.17, 15) is 9.90 Å². The van der Waals surface area contributed by atoms with Crippen molar-refractivity contribution in [3.05, 3.63) is 40.1 Å². The summed E-state index contributed by atoms with van der Waals surface area (Å²) >= 11 is 1.49. The van der Waals surface area contributed by atoms with E-state index < -0.39 is 6.10 Å². The lowest BCUT2D eigenvalue weighted by Gasteiger charge is -2.16. The van der Waals surface area contributed by atoms with Crippen LogP contribution in [-0.2, 0) is 0 Å². The van der Waals surface area contributed by atoms with E-state index in [0.717, 1.165) is 4.88 Å². The Morgan fingerprint density at radius 3 is 2.50 bits per heavy atom. The lowest BCUT2D eigenvalue weighted by molar-refractivity contribution is 0.0939. The zero-order chi connectivity index (χ0) is 17.5. The smallest absolute Gasteiger partial charge is 0.255 e. The molecule has 0 fully saturated rings. The van der Waals surface area contributed by atoms with Gasteiger partial charge in [0.25, 0.3) is 5.91 Å². The van der Waals surface area contributed by atoms with Gasteiger partial charge in [-0.3, -0.25) is 4.79 Å². The molecule has 1 atom stereocenters. The van der Waals surface area contributed by atoms with Crippen molar-refractivity contribution in [1.29, 1.82) is 0 Å². The predicted molar refractivity (Wildman–Crippen MR) is 92.3 cm³/mol. The molecule has 0 aliphatic heterocycles. The van der Waals surface area contributed by atoms with E-state index in [1.807, 2.05) is 17.5 Å². The summed E-state index contributed by atoms with van der Waals surface area (Å²) in [7, 11) is 4.47. The maximum Gasteiger partial charge on any atom is 0.255 e. The van der Waals surface area contributed by atoms with Gasteiger partial charge >= 0.3 is 0 Å². The number of hydrogen-bond acceptors (Lipinski definition) is 6. The number of carbonyl (C=O) groups is 1. The molecule has 1 heterocycles. The van der Waals surface area contributed by atoms with Crippen molar-refractivity contribution in [3.8, 4) is 17.2 Å². The van der Waals surface area contributed by atoms with Gasteiger partial charge in [-0.25, -0.2) is 0 Å². The minimum Gasteiger partial charge on any atom is -0.493 e. The van der Waals surface area contributed by atoms with Crippen LogP contribution in [0.3, 0.4) is 0 Å². The number of ether oxygens (including phenoxy) is 3. The lowest BCUT2D eigenvalue weighted by atomic mass is 10.1. The quantitative estimate of drug-likeness (QED) is 0.764. The zero-order valence-electron chi connectivity index (χ0n) is 13.9. The Labute approximate surface area is 145 Å². The first kappa shape index (κ1) is 18.1. The molecule has 0 aliphatic carbocycles. The normalized spacial score (nSPS) is 11.7. The highest BCUT2D eigenvalue weighted by atomic mass is 32.1. The van der Waals surface area contributed by atoms with Crippen LogP contribution in [0.25, 0.3) is 0 Å². The molecule has 1 aromatic heterocycles. The van der Waals surface area contributed by atoms with Gasteiger partial charge in [-0.05, 0) is 30.0 Å². The molecule has 1 amide bonds. The molecular weight excluding hydrogens is 330 g/mol. The fraction of sp³-hybridized carbons (Fsp3) is 0.353. The number of methoxy groups -OCH3 is 3. The summed E-state index contributed by atoms with van der Waals surface area (Å²) in [5, 5.41) is 14.7. The molecule has 24 heavy (non-hydrogen) atoms. The maximum atomic E-state index is 12.4. The number of aliphatic hydroxyl groups is 1. The number of rotatable bonds is 8. The highest BCUT2D eigenvalue weighted by Crippen LogP contribution is 2.39. The lowest BCUT2D eigenvalue weighted by Crippen LogP contribution is -2.26. The van der Waals surface area contributed by atoms with Gasteiger partial charge < -0.3 is 24.6 Å². The molecule has 0 aliphatic rings. The Morgan fingerprint density at radius 2 is 1.92 bits per heavy atom. The van der Waals surface area contributed by atoms with Crippen molar-refractivity contribution >= 4 is 17.2 Å². The van der Waals surface area contributed by atoms with Crippen LogP contribution in [0.15, 0.2) is 29.6 Å². The predicted octanol–water partition coefficient (Wildman–Crippen LogP) is 2.63. The molecule has 0 spiro atoms. The second-order valence-electron chi connectivity index (χ2n) is 4.96. The fourth-order valence-electron chi connectivity index (χ4n) is 2.32. The largest absolute Gasteiger partial charge is 0.493 e. The Bertz CT molecular complexity index is 672. The molecule has 2 rings (SSSR count). The Balaban J connectivity index is 2.04. The Kier molecular flexibility index (Phi) is 6.45.